The third-order valence-corrected chi connectivity index (χ3v) is 5.28. The second-order valence-corrected chi connectivity index (χ2v) is 9.36. The molecule has 0 aliphatic heterocycles. The molecule has 0 aliphatic rings. The molecule has 11 heteroatoms. The molecule has 30 heavy (non-hydrogen) atoms. The van der Waals surface area contributed by atoms with Gasteiger partial charge in [-0.1, -0.05) is 20.8 Å². The highest BCUT2D eigenvalue weighted by Gasteiger charge is 2.36. The molecule has 1 atom stereocenters. The van der Waals surface area contributed by atoms with E-state index in [0.29, 0.717) is 25.7 Å². The molecule has 0 aromatic heterocycles. The summed E-state index contributed by atoms with van der Waals surface area (Å²) < 4.78 is 38.7. The van der Waals surface area contributed by atoms with Crippen LogP contribution >= 0.6 is 0 Å². The first-order valence-corrected chi connectivity index (χ1v) is 11.6. The van der Waals surface area contributed by atoms with Gasteiger partial charge in [-0.2, -0.15) is 8.42 Å². The second kappa shape index (κ2) is 14.3. The summed E-state index contributed by atoms with van der Waals surface area (Å²) in [7, 11) is -3.87. The third-order valence-electron chi connectivity index (χ3n) is 4.02. The van der Waals surface area contributed by atoms with Gasteiger partial charge in [0, 0.05) is 25.3 Å². The molecule has 10 nitrogen and oxygen atoms in total. The Morgan fingerprint density at radius 1 is 1.07 bits per heavy atom. The molecule has 1 amide bonds. The first-order chi connectivity index (χ1) is 13.9. The van der Waals surface area contributed by atoms with Crippen molar-refractivity contribution in [2.24, 2.45) is 5.41 Å². The van der Waals surface area contributed by atoms with Gasteiger partial charge in [0.25, 0.3) is 10.1 Å². The van der Waals surface area contributed by atoms with E-state index < -0.39 is 34.2 Å². The molecule has 0 radical (unpaired) electrons. The molecule has 0 fully saturated rings. The largest absolute Gasteiger partial charge is 0.466 e. The summed E-state index contributed by atoms with van der Waals surface area (Å²) in [5.74, 6) is -1.70. The summed E-state index contributed by atoms with van der Waals surface area (Å²) >= 11 is 0. The lowest BCUT2D eigenvalue weighted by atomic mass is 9.88. The molecule has 0 heterocycles. The smallest absolute Gasteiger partial charge is 0.335 e. The summed E-state index contributed by atoms with van der Waals surface area (Å²) in [6, 6.07) is 0. The van der Waals surface area contributed by atoms with Crippen LogP contribution in [0.25, 0.3) is 0 Å². The molecule has 0 bridgehead atoms. The van der Waals surface area contributed by atoms with Gasteiger partial charge in [-0.15, -0.1) is 0 Å². The van der Waals surface area contributed by atoms with Crippen molar-refractivity contribution in [3.8, 4) is 0 Å². The van der Waals surface area contributed by atoms with Gasteiger partial charge in [-0.3, -0.25) is 13.8 Å². The van der Waals surface area contributed by atoms with Crippen molar-refractivity contribution in [3.63, 3.8) is 0 Å². The lowest BCUT2D eigenvalue weighted by molar-refractivity contribution is -0.161. The van der Waals surface area contributed by atoms with Crippen molar-refractivity contribution in [1.29, 1.82) is 0 Å². The van der Waals surface area contributed by atoms with E-state index >= 15 is 0 Å². The predicted octanol–water partition coefficient (Wildman–Crippen LogP) is 0.913. The van der Waals surface area contributed by atoms with E-state index in [-0.39, 0.29) is 43.8 Å². The van der Waals surface area contributed by atoms with E-state index in [2.05, 4.69) is 5.32 Å². The number of hydrogen-bond donors (Lipinski definition) is 2. The van der Waals surface area contributed by atoms with Gasteiger partial charge in [0.05, 0.1) is 25.6 Å². The third kappa shape index (κ3) is 13.5. The number of ether oxygens (including phenoxy) is 2. The normalized spacial score (nSPS) is 12.8. The van der Waals surface area contributed by atoms with Gasteiger partial charge >= 0.3 is 11.9 Å². The number of aliphatic hydroxyl groups is 1. The number of carbonyl (C=O) groups is 3. The molecule has 2 N–H and O–H groups in total. The molecule has 0 aromatic carbocycles. The maximum absolute atomic E-state index is 12.0. The zero-order valence-corrected chi connectivity index (χ0v) is 19.1. The Labute approximate surface area is 178 Å². The fourth-order valence-electron chi connectivity index (χ4n) is 2.13. The van der Waals surface area contributed by atoms with E-state index in [1.54, 1.807) is 0 Å². The molecule has 0 unspecified atom stereocenters. The summed E-state index contributed by atoms with van der Waals surface area (Å²) in [6.45, 7) is 6.25. The Hall–Kier alpha value is -1.72. The van der Waals surface area contributed by atoms with E-state index in [1.807, 2.05) is 6.92 Å². The number of amides is 1. The number of nitrogens with one attached hydrogen (secondary N) is 1. The van der Waals surface area contributed by atoms with Gasteiger partial charge < -0.3 is 19.9 Å². The second-order valence-electron chi connectivity index (χ2n) is 7.60. The first kappa shape index (κ1) is 28.3. The molecule has 0 aromatic rings. The van der Waals surface area contributed by atoms with Crippen molar-refractivity contribution in [2.75, 3.05) is 32.1 Å². The maximum atomic E-state index is 12.0. The van der Waals surface area contributed by atoms with Crippen LogP contribution in [0.5, 0.6) is 0 Å². The van der Waals surface area contributed by atoms with Gasteiger partial charge in [0.15, 0.2) is 6.10 Å². The highest BCUT2D eigenvalue weighted by molar-refractivity contribution is 7.86. The monoisotopic (exact) mass is 453 g/mol. The number of rotatable bonds is 16. The number of esters is 2. The average Bonchev–Trinajstić information content (AvgIpc) is 2.66. The van der Waals surface area contributed by atoms with Crippen LogP contribution in [-0.4, -0.2) is 69.6 Å². The molecule has 0 aliphatic carbocycles. The van der Waals surface area contributed by atoms with Crippen LogP contribution in [0, 0.1) is 5.41 Å². The molecular formula is C19H35NO9S. The lowest BCUT2D eigenvalue weighted by Crippen LogP contribution is -2.41. The molecular weight excluding hydrogens is 418 g/mol. The number of aliphatic hydroxyl groups excluding tert-OH is 1. The Morgan fingerprint density at radius 2 is 1.67 bits per heavy atom. The Balaban J connectivity index is 4.21. The minimum Gasteiger partial charge on any atom is -0.466 e. The van der Waals surface area contributed by atoms with Gasteiger partial charge in [-0.05, 0) is 25.7 Å². The van der Waals surface area contributed by atoms with Crippen LogP contribution in [0.15, 0.2) is 0 Å². The standard InChI is InChI=1S/C19H35NO9S/c1-5-9-16(22)27-11-6-7-12-28-18(24)17(23)19(3,4)14-29-30(25,26)13-8-10-20-15(2)21/h17,23H,5-14H2,1-4H3,(H,20,21)/t17-/m0/s1. The quantitative estimate of drug-likeness (QED) is 0.198. The Bertz CT molecular complexity index is 646. The summed E-state index contributed by atoms with van der Waals surface area (Å²) in [5.41, 5.74) is -1.20. The Morgan fingerprint density at radius 3 is 2.23 bits per heavy atom. The number of carbonyl (C=O) groups excluding carboxylic acids is 3. The minimum absolute atomic E-state index is 0.0413. The van der Waals surface area contributed by atoms with Gasteiger partial charge in [-0.25, -0.2) is 4.79 Å². The number of hydrogen-bond acceptors (Lipinski definition) is 9. The summed E-state index contributed by atoms with van der Waals surface area (Å²) in [6.07, 6.45) is 0.657. The molecule has 0 spiro atoms. The lowest BCUT2D eigenvalue weighted by Gasteiger charge is -2.28. The average molecular weight is 454 g/mol. The SMILES string of the molecule is CCCC(=O)OCCCCOC(=O)[C@H](O)C(C)(C)COS(=O)(=O)CCCNC(C)=O. The molecule has 176 valence electrons. The topological polar surface area (TPSA) is 145 Å². The van der Waals surface area contributed by atoms with E-state index in [0.717, 1.165) is 0 Å². The highest BCUT2D eigenvalue weighted by atomic mass is 32.2. The van der Waals surface area contributed by atoms with Crippen LogP contribution in [0.4, 0.5) is 0 Å². The first-order valence-electron chi connectivity index (χ1n) is 10.0. The Kier molecular flexibility index (Phi) is 13.5. The number of unbranched alkanes of at least 4 members (excludes halogenated alkanes) is 1. The van der Waals surface area contributed by atoms with Crippen LogP contribution in [0.2, 0.25) is 0 Å². The van der Waals surface area contributed by atoms with Crippen LogP contribution in [-0.2, 0) is 38.2 Å². The summed E-state index contributed by atoms with van der Waals surface area (Å²) in [4.78, 5) is 34.0. The van der Waals surface area contributed by atoms with Crippen LogP contribution in [0.1, 0.15) is 59.8 Å². The maximum Gasteiger partial charge on any atom is 0.335 e. The zero-order chi connectivity index (χ0) is 23.2. The van der Waals surface area contributed by atoms with Gasteiger partial charge in [0.2, 0.25) is 5.91 Å². The predicted molar refractivity (Wildman–Crippen MR) is 109 cm³/mol. The molecule has 0 rings (SSSR count). The van der Waals surface area contributed by atoms with Crippen molar-refractivity contribution in [3.05, 3.63) is 0 Å². The van der Waals surface area contributed by atoms with Crippen LogP contribution in [0.3, 0.4) is 0 Å². The van der Waals surface area contributed by atoms with Gasteiger partial charge in [0.1, 0.15) is 0 Å². The van der Waals surface area contributed by atoms with Crippen molar-refractivity contribution in [2.45, 2.75) is 65.9 Å². The van der Waals surface area contributed by atoms with Crippen molar-refractivity contribution in [1.82, 2.24) is 5.32 Å². The fourth-order valence-corrected chi connectivity index (χ4v) is 3.23. The fraction of sp³-hybridized carbons (Fsp3) is 0.842. The van der Waals surface area contributed by atoms with E-state index in [9.17, 15) is 27.9 Å². The zero-order valence-electron chi connectivity index (χ0n) is 18.3. The van der Waals surface area contributed by atoms with Crippen LogP contribution < -0.4 is 5.32 Å². The van der Waals surface area contributed by atoms with Crippen molar-refractivity contribution >= 4 is 28.0 Å². The summed E-state index contributed by atoms with van der Waals surface area (Å²) in [5, 5.41) is 12.7. The minimum atomic E-state index is -3.87. The molecule has 0 saturated carbocycles. The molecule has 0 saturated heterocycles. The van der Waals surface area contributed by atoms with E-state index in [4.69, 9.17) is 13.7 Å². The highest BCUT2D eigenvalue weighted by Crippen LogP contribution is 2.23. The van der Waals surface area contributed by atoms with E-state index in [1.165, 1.54) is 20.8 Å². The van der Waals surface area contributed by atoms with Crippen molar-refractivity contribution < 1.29 is 41.6 Å².